The van der Waals surface area contributed by atoms with E-state index >= 15 is 0 Å². The van der Waals surface area contributed by atoms with Crippen molar-refractivity contribution in [3.05, 3.63) is 63.4 Å². The summed E-state index contributed by atoms with van der Waals surface area (Å²) in [6.07, 6.45) is 0.951. The van der Waals surface area contributed by atoms with E-state index in [0.717, 1.165) is 40.9 Å². The quantitative estimate of drug-likeness (QED) is 0.891. The molecule has 0 amide bonds. The van der Waals surface area contributed by atoms with Crippen LogP contribution in [0.3, 0.4) is 0 Å². The predicted octanol–water partition coefficient (Wildman–Crippen LogP) is 4.22. The largest absolute Gasteiger partial charge is 0.493 e. The summed E-state index contributed by atoms with van der Waals surface area (Å²) in [5, 5.41) is 3.47. The summed E-state index contributed by atoms with van der Waals surface area (Å²) in [6.45, 7) is 3.61. The molecule has 0 aromatic heterocycles. The molecule has 2 aromatic carbocycles. The smallest absolute Gasteiger partial charge is 0.127 e. The molecule has 0 saturated carbocycles. The van der Waals surface area contributed by atoms with E-state index in [1.165, 1.54) is 17.7 Å². The van der Waals surface area contributed by atoms with Gasteiger partial charge in [0.1, 0.15) is 11.6 Å². The van der Waals surface area contributed by atoms with E-state index in [1.54, 1.807) is 0 Å². The monoisotopic (exact) mass is 349 g/mol. The van der Waals surface area contributed by atoms with E-state index in [2.05, 4.69) is 46.4 Å². The average molecular weight is 350 g/mol. The van der Waals surface area contributed by atoms with Crippen molar-refractivity contribution < 1.29 is 9.13 Å². The molecular formula is C17H17BrFNO. The van der Waals surface area contributed by atoms with Crippen molar-refractivity contribution in [3.63, 3.8) is 0 Å². The van der Waals surface area contributed by atoms with Crippen LogP contribution in [0.5, 0.6) is 5.75 Å². The standard InChI is InChI=1S/C17H17BrFNO/c1-2-20-16(13-7-6-12(19)10-15(13)18)14-5-3-4-11-8-9-21-17(11)14/h3-7,10,16,20H,2,8-9H2,1H3. The molecule has 0 fully saturated rings. The second-order valence-corrected chi connectivity index (χ2v) is 5.94. The van der Waals surface area contributed by atoms with Crippen LogP contribution in [0.4, 0.5) is 4.39 Å². The van der Waals surface area contributed by atoms with Gasteiger partial charge in [-0.05, 0) is 29.8 Å². The Morgan fingerprint density at radius 1 is 1.29 bits per heavy atom. The predicted molar refractivity (Wildman–Crippen MR) is 85.3 cm³/mol. The fourth-order valence-electron chi connectivity index (χ4n) is 2.80. The zero-order chi connectivity index (χ0) is 14.8. The Morgan fingerprint density at radius 2 is 2.14 bits per heavy atom. The number of hydrogen-bond acceptors (Lipinski definition) is 2. The highest BCUT2D eigenvalue weighted by Crippen LogP contribution is 2.38. The maximum atomic E-state index is 13.3. The molecule has 4 heteroatoms. The van der Waals surface area contributed by atoms with Crippen LogP contribution in [0.25, 0.3) is 0 Å². The highest BCUT2D eigenvalue weighted by atomic mass is 79.9. The number of ether oxygens (including phenoxy) is 1. The molecule has 0 bridgehead atoms. The molecule has 1 aliphatic heterocycles. The second-order valence-electron chi connectivity index (χ2n) is 5.09. The average Bonchev–Trinajstić information content (AvgIpc) is 2.94. The molecule has 1 atom stereocenters. The minimum Gasteiger partial charge on any atom is -0.493 e. The Balaban J connectivity index is 2.08. The fourth-order valence-corrected chi connectivity index (χ4v) is 3.37. The van der Waals surface area contributed by atoms with Crippen molar-refractivity contribution in [2.45, 2.75) is 19.4 Å². The molecule has 1 aliphatic rings. The van der Waals surface area contributed by atoms with Crippen LogP contribution in [0.2, 0.25) is 0 Å². The van der Waals surface area contributed by atoms with Crippen molar-refractivity contribution in [2.75, 3.05) is 13.2 Å². The van der Waals surface area contributed by atoms with Crippen molar-refractivity contribution in [2.24, 2.45) is 0 Å². The van der Waals surface area contributed by atoms with Gasteiger partial charge in [0.15, 0.2) is 0 Å². The van der Waals surface area contributed by atoms with Gasteiger partial charge in [-0.15, -0.1) is 0 Å². The third kappa shape index (κ3) is 2.83. The lowest BCUT2D eigenvalue weighted by Gasteiger charge is -2.22. The van der Waals surface area contributed by atoms with Crippen LogP contribution in [0.1, 0.15) is 29.7 Å². The first-order chi connectivity index (χ1) is 10.2. The number of rotatable bonds is 4. The molecule has 2 nitrogen and oxygen atoms in total. The van der Waals surface area contributed by atoms with Crippen molar-refractivity contribution in [3.8, 4) is 5.75 Å². The van der Waals surface area contributed by atoms with E-state index in [-0.39, 0.29) is 11.9 Å². The molecule has 1 heterocycles. The Morgan fingerprint density at radius 3 is 2.90 bits per heavy atom. The zero-order valence-corrected chi connectivity index (χ0v) is 13.4. The van der Waals surface area contributed by atoms with Crippen LogP contribution in [0, 0.1) is 5.82 Å². The number of nitrogens with one attached hydrogen (secondary N) is 1. The number of benzene rings is 2. The van der Waals surface area contributed by atoms with Gasteiger partial charge in [0.25, 0.3) is 0 Å². The van der Waals surface area contributed by atoms with Gasteiger partial charge < -0.3 is 10.1 Å². The Hall–Kier alpha value is -1.39. The van der Waals surface area contributed by atoms with Gasteiger partial charge in [-0.2, -0.15) is 0 Å². The summed E-state index contributed by atoms with van der Waals surface area (Å²) in [6, 6.07) is 11.0. The van der Waals surface area contributed by atoms with Gasteiger partial charge in [0.05, 0.1) is 12.6 Å². The van der Waals surface area contributed by atoms with E-state index < -0.39 is 0 Å². The SMILES string of the molecule is CCNC(c1ccc(F)cc1Br)c1cccc2c1OCC2. The molecular weight excluding hydrogens is 333 g/mol. The summed E-state index contributed by atoms with van der Waals surface area (Å²) >= 11 is 3.47. The molecule has 0 spiro atoms. The summed E-state index contributed by atoms with van der Waals surface area (Å²) in [7, 11) is 0. The molecule has 1 unspecified atom stereocenters. The first kappa shape index (κ1) is 14.5. The van der Waals surface area contributed by atoms with E-state index in [9.17, 15) is 4.39 Å². The first-order valence-electron chi connectivity index (χ1n) is 7.13. The van der Waals surface area contributed by atoms with Crippen LogP contribution in [0.15, 0.2) is 40.9 Å². The van der Waals surface area contributed by atoms with Crippen molar-refractivity contribution in [1.82, 2.24) is 5.32 Å². The third-order valence-electron chi connectivity index (χ3n) is 3.74. The fraction of sp³-hybridized carbons (Fsp3) is 0.294. The molecule has 110 valence electrons. The lowest BCUT2D eigenvalue weighted by Crippen LogP contribution is -2.23. The molecule has 3 rings (SSSR count). The lowest BCUT2D eigenvalue weighted by molar-refractivity contribution is 0.350. The maximum Gasteiger partial charge on any atom is 0.127 e. The van der Waals surface area contributed by atoms with Gasteiger partial charge in [-0.25, -0.2) is 4.39 Å². The van der Waals surface area contributed by atoms with Gasteiger partial charge in [0, 0.05) is 16.5 Å². The van der Waals surface area contributed by atoms with Crippen LogP contribution < -0.4 is 10.1 Å². The van der Waals surface area contributed by atoms with Crippen LogP contribution in [-0.2, 0) is 6.42 Å². The third-order valence-corrected chi connectivity index (χ3v) is 4.42. The number of fused-ring (bicyclic) bond motifs is 1. The molecule has 1 N–H and O–H groups in total. The number of para-hydroxylation sites is 1. The summed E-state index contributed by atoms with van der Waals surface area (Å²) in [4.78, 5) is 0. The van der Waals surface area contributed by atoms with Crippen molar-refractivity contribution in [1.29, 1.82) is 0 Å². The van der Waals surface area contributed by atoms with Gasteiger partial charge in [-0.3, -0.25) is 0 Å². The van der Waals surface area contributed by atoms with Gasteiger partial charge >= 0.3 is 0 Å². The topological polar surface area (TPSA) is 21.3 Å². The van der Waals surface area contributed by atoms with Gasteiger partial charge in [-0.1, -0.05) is 47.1 Å². The Bertz CT molecular complexity index is 659. The Kier molecular flexibility index (Phi) is 4.27. The molecule has 21 heavy (non-hydrogen) atoms. The minimum atomic E-state index is -0.240. The highest BCUT2D eigenvalue weighted by Gasteiger charge is 2.24. The molecule has 0 aliphatic carbocycles. The van der Waals surface area contributed by atoms with Crippen molar-refractivity contribution >= 4 is 15.9 Å². The first-order valence-corrected chi connectivity index (χ1v) is 7.93. The van der Waals surface area contributed by atoms with E-state index in [1.807, 2.05) is 6.07 Å². The molecule has 0 saturated heterocycles. The van der Waals surface area contributed by atoms with Crippen LogP contribution in [-0.4, -0.2) is 13.2 Å². The second kappa shape index (κ2) is 6.16. The highest BCUT2D eigenvalue weighted by molar-refractivity contribution is 9.10. The summed E-state index contributed by atoms with van der Waals surface area (Å²) < 4.78 is 19.9. The number of halogens is 2. The zero-order valence-electron chi connectivity index (χ0n) is 11.8. The van der Waals surface area contributed by atoms with E-state index in [4.69, 9.17) is 4.74 Å². The Labute approximate surface area is 132 Å². The lowest BCUT2D eigenvalue weighted by atomic mass is 9.95. The maximum absolute atomic E-state index is 13.3. The summed E-state index contributed by atoms with van der Waals surface area (Å²) in [5.41, 5.74) is 3.37. The van der Waals surface area contributed by atoms with Crippen LogP contribution >= 0.6 is 15.9 Å². The normalized spacial score (nSPS) is 14.6. The molecule has 2 aromatic rings. The van der Waals surface area contributed by atoms with Gasteiger partial charge in [0.2, 0.25) is 0 Å². The molecule has 0 radical (unpaired) electrons. The minimum absolute atomic E-state index is 0.0157. The number of hydrogen-bond donors (Lipinski definition) is 1. The summed E-state index contributed by atoms with van der Waals surface area (Å²) in [5.74, 6) is 0.732. The van der Waals surface area contributed by atoms with E-state index in [0.29, 0.717) is 0 Å².